The standard InChI is InChI=1S/C19H19N5O5/c25-18(8-7-17-20-19(21-29-17)16-2-1-13-28-16)23-11-9-22(10-12-23)14-3-5-15(6-4-14)24(26)27/h1-6,13H,7-12H2. The van der Waals surface area contributed by atoms with Crippen molar-refractivity contribution in [3.8, 4) is 11.6 Å². The lowest BCUT2D eigenvalue weighted by atomic mass is 10.2. The maximum Gasteiger partial charge on any atom is 0.269 e. The first-order chi connectivity index (χ1) is 14.1. The van der Waals surface area contributed by atoms with Crippen LogP contribution in [0, 0.1) is 10.1 Å². The molecule has 1 fully saturated rings. The van der Waals surface area contributed by atoms with Crippen molar-refractivity contribution < 1.29 is 18.7 Å². The van der Waals surface area contributed by atoms with Gasteiger partial charge < -0.3 is 18.7 Å². The lowest BCUT2D eigenvalue weighted by Gasteiger charge is -2.36. The lowest BCUT2D eigenvalue weighted by Crippen LogP contribution is -2.48. The molecule has 0 unspecified atom stereocenters. The van der Waals surface area contributed by atoms with E-state index < -0.39 is 4.92 Å². The predicted molar refractivity (Wildman–Crippen MR) is 102 cm³/mol. The number of amides is 1. The monoisotopic (exact) mass is 397 g/mol. The lowest BCUT2D eigenvalue weighted by molar-refractivity contribution is -0.384. The molecule has 1 aliphatic rings. The summed E-state index contributed by atoms with van der Waals surface area (Å²) in [5.74, 6) is 1.32. The Bertz CT molecular complexity index is 975. The van der Waals surface area contributed by atoms with Gasteiger partial charge >= 0.3 is 0 Å². The minimum atomic E-state index is -0.415. The highest BCUT2D eigenvalue weighted by Crippen LogP contribution is 2.21. The molecule has 1 amide bonds. The summed E-state index contributed by atoms with van der Waals surface area (Å²) in [5.41, 5.74) is 0.984. The van der Waals surface area contributed by atoms with Crippen molar-refractivity contribution in [2.24, 2.45) is 0 Å². The molecule has 0 radical (unpaired) electrons. The number of aryl methyl sites for hydroxylation is 1. The fraction of sp³-hybridized carbons (Fsp3) is 0.316. The maximum atomic E-state index is 12.5. The number of piperazine rings is 1. The molecule has 3 heterocycles. The molecule has 3 aromatic rings. The predicted octanol–water partition coefficient (Wildman–Crippen LogP) is 2.52. The number of furan rings is 1. The molecule has 0 aliphatic carbocycles. The quantitative estimate of drug-likeness (QED) is 0.460. The van der Waals surface area contributed by atoms with Gasteiger partial charge in [-0.2, -0.15) is 4.98 Å². The molecule has 4 rings (SSSR count). The van der Waals surface area contributed by atoms with Gasteiger partial charge in [-0.15, -0.1) is 0 Å². The fourth-order valence-electron chi connectivity index (χ4n) is 3.23. The van der Waals surface area contributed by atoms with Crippen LogP contribution < -0.4 is 4.90 Å². The summed E-state index contributed by atoms with van der Waals surface area (Å²) in [6.45, 7) is 2.54. The molecule has 29 heavy (non-hydrogen) atoms. The first kappa shape index (κ1) is 18.7. The van der Waals surface area contributed by atoms with Crippen LogP contribution in [0.4, 0.5) is 11.4 Å². The fourth-order valence-corrected chi connectivity index (χ4v) is 3.23. The van der Waals surface area contributed by atoms with Crippen molar-refractivity contribution >= 4 is 17.3 Å². The van der Waals surface area contributed by atoms with Crippen LogP contribution in [0.2, 0.25) is 0 Å². The average molecular weight is 397 g/mol. The minimum absolute atomic E-state index is 0.0334. The van der Waals surface area contributed by atoms with Crippen LogP contribution in [-0.2, 0) is 11.2 Å². The summed E-state index contributed by atoms with van der Waals surface area (Å²) in [5, 5.41) is 14.6. The van der Waals surface area contributed by atoms with E-state index in [1.807, 2.05) is 4.90 Å². The van der Waals surface area contributed by atoms with E-state index in [2.05, 4.69) is 15.0 Å². The number of non-ortho nitro benzene ring substituents is 1. The molecule has 2 aromatic heterocycles. The van der Waals surface area contributed by atoms with E-state index in [-0.39, 0.29) is 18.0 Å². The summed E-state index contributed by atoms with van der Waals surface area (Å²) < 4.78 is 10.4. The van der Waals surface area contributed by atoms with Crippen LogP contribution in [-0.4, -0.2) is 52.1 Å². The number of carbonyl (C=O) groups is 1. The number of rotatable bonds is 6. The molecular formula is C19H19N5O5. The second kappa shape index (κ2) is 8.13. The Balaban J connectivity index is 1.26. The number of hydrogen-bond acceptors (Lipinski definition) is 8. The summed E-state index contributed by atoms with van der Waals surface area (Å²) >= 11 is 0. The topological polar surface area (TPSA) is 119 Å². The highest BCUT2D eigenvalue weighted by atomic mass is 16.6. The van der Waals surface area contributed by atoms with Crippen LogP contribution in [0.5, 0.6) is 0 Å². The first-order valence-corrected chi connectivity index (χ1v) is 9.24. The smallest absolute Gasteiger partial charge is 0.269 e. The van der Waals surface area contributed by atoms with E-state index in [0.717, 1.165) is 5.69 Å². The largest absolute Gasteiger partial charge is 0.461 e. The zero-order valence-electron chi connectivity index (χ0n) is 15.6. The van der Waals surface area contributed by atoms with E-state index in [1.165, 1.54) is 18.4 Å². The van der Waals surface area contributed by atoms with Gasteiger partial charge in [0.1, 0.15) is 0 Å². The van der Waals surface area contributed by atoms with Gasteiger partial charge in [0, 0.05) is 56.8 Å². The Kier molecular flexibility index (Phi) is 5.23. The van der Waals surface area contributed by atoms with E-state index in [4.69, 9.17) is 8.94 Å². The Hall–Kier alpha value is -3.69. The van der Waals surface area contributed by atoms with Gasteiger partial charge in [0.2, 0.25) is 17.6 Å². The number of anilines is 1. The van der Waals surface area contributed by atoms with Crippen LogP contribution in [0.1, 0.15) is 12.3 Å². The molecular weight excluding hydrogens is 378 g/mol. The number of nitrogens with zero attached hydrogens (tertiary/aromatic N) is 5. The SMILES string of the molecule is O=C(CCc1nc(-c2ccco2)no1)N1CCN(c2ccc([N+](=O)[O-])cc2)CC1. The Labute approximate surface area is 165 Å². The third kappa shape index (κ3) is 4.26. The highest BCUT2D eigenvalue weighted by Gasteiger charge is 2.22. The molecule has 0 saturated carbocycles. The van der Waals surface area contributed by atoms with Crippen LogP contribution in [0.25, 0.3) is 11.6 Å². The Morgan fingerprint density at radius 1 is 1.14 bits per heavy atom. The minimum Gasteiger partial charge on any atom is -0.461 e. The first-order valence-electron chi connectivity index (χ1n) is 9.24. The van der Waals surface area contributed by atoms with Crippen molar-refractivity contribution in [2.45, 2.75) is 12.8 Å². The zero-order valence-corrected chi connectivity index (χ0v) is 15.6. The van der Waals surface area contributed by atoms with Gasteiger partial charge in [0.15, 0.2) is 5.76 Å². The van der Waals surface area contributed by atoms with E-state index in [0.29, 0.717) is 50.1 Å². The second-order valence-electron chi connectivity index (χ2n) is 6.63. The molecule has 1 aliphatic heterocycles. The van der Waals surface area contributed by atoms with E-state index in [9.17, 15) is 14.9 Å². The van der Waals surface area contributed by atoms with Gasteiger partial charge in [-0.05, 0) is 24.3 Å². The molecule has 10 nitrogen and oxygen atoms in total. The maximum absolute atomic E-state index is 12.5. The normalized spacial score (nSPS) is 14.2. The van der Waals surface area contributed by atoms with Gasteiger partial charge in [-0.1, -0.05) is 5.16 Å². The Morgan fingerprint density at radius 2 is 1.90 bits per heavy atom. The van der Waals surface area contributed by atoms with Gasteiger partial charge in [-0.3, -0.25) is 14.9 Å². The molecule has 0 spiro atoms. The van der Waals surface area contributed by atoms with Crippen LogP contribution in [0.15, 0.2) is 51.6 Å². The molecule has 150 valence electrons. The molecule has 1 saturated heterocycles. The van der Waals surface area contributed by atoms with Crippen LogP contribution >= 0.6 is 0 Å². The molecule has 0 N–H and O–H groups in total. The Morgan fingerprint density at radius 3 is 2.55 bits per heavy atom. The van der Waals surface area contributed by atoms with Crippen molar-refractivity contribution in [1.29, 1.82) is 0 Å². The third-order valence-electron chi connectivity index (χ3n) is 4.82. The number of aromatic nitrogens is 2. The summed E-state index contributed by atoms with van der Waals surface area (Å²) in [6, 6.07) is 9.95. The number of nitro benzene ring substituents is 1. The summed E-state index contributed by atoms with van der Waals surface area (Å²) in [7, 11) is 0. The third-order valence-corrected chi connectivity index (χ3v) is 4.82. The van der Waals surface area contributed by atoms with Gasteiger partial charge in [0.25, 0.3) is 5.69 Å². The highest BCUT2D eigenvalue weighted by molar-refractivity contribution is 5.76. The van der Waals surface area contributed by atoms with Crippen molar-refractivity contribution in [3.63, 3.8) is 0 Å². The van der Waals surface area contributed by atoms with E-state index in [1.54, 1.807) is 24.3 Å². The summed E-state index contributed by atoms with van der Waals surface area (Å²) in [4.78, 5) is 31.0. The molecule has 10 heteroatoms. The number of benzene rings is 1. The van der Waals surface area contributed by atoms with Gasteiger partial charge in [-0.25, -0.2) is 0 Å². The van der Waals surface area contributed by atoms with Crippen molar-refractivity contribution in [2.75, 3.05) is 31.1 Å². The second-order valence-corrected chi connectivity index (χ2v) is 6.63. The number of carbonyl (C=O) groups excluding carboxylic acids is 1. The number of nitro groups is 1. The van der Waals surface area contributed by atoms with Gasteiger partial charge in [0.05, 0.1) is 11.2 Å². The molecule has 1 aromatic carbocycles. The molecule has 0 bridgehead atoms. The van der Waals surface area contributed by atoms with E-state index >= 15 is 0 Å². The van der Waals surface area contributed by atoms with Crippen molar-refractivity contribution in [3.05, 3.63) is 58.7 Å². The number of hydrogen-bond donors (Lipinski definition) is 0. The van der Waals surface area contributed by atoms with Crippen LogP contribution in [0.3, 0.4) is 0 Å². The molecule has 0 atom stereocenters. The van der Waals surface area contributed by atoms with Crippen molar-refractivity contribution in [1.82, 2.24) is 15.0 Å². The summed E-state index contributed by atoms with van der Waals surface area (Å²) in [6.07, 6.45) is 2.19. The zero-order chi connectivity index (χ0) is 20.2. The average Bonchev–Trinajstić information content (AvgIpc) is 3.44.